The van der Waals surface area contributed by atoms with Gasteiger partial charge in [0.1, 0.15) is 0 Å². The van der Waals surface area contributed by atoms with E-state index in [1.54, 1.807) is 17.0 Å². The standard InChI is InChI=1S/C17H24N2O3/c1-12(11-20)13(2)18-17(22)14-6-8-15(9-7-14)19-10-4-3-5-16(19)21/h6-9,12-13,20H,3-5,10-11H2,1-2H3,(H,18,22). The first-order chi connectivity index (χ1) is 10.5. The van der Waals surface area contributed by atoms with Gasteiger partial charge in [0.15, 0.2) is 0 Å². The number of aliphatic hydroxyl groups excluding tert-OH is 1. The van der Waals surface area contributed by atoms with Crippen molar-refractivity contribution < 1.29 is 14.7 Å². The highest BCUT2D eigenvalue weighted by Crippen LogP contribution is 2.21. The lowest BCUT2D eigenvalue weighted by Crippen LogP contribution is -2.38. The number of nitrogens with zero attached hydrogens (tertiary/aromatic N) is 1. The molecule has 2 atom stereocenters. The monoisotopic (exact) mass is 304 g/mol. The Kier molecular flexibility index (Phi) is 5.55. The largest absolute Gasteiger partial charge is 0.396 e. The second-order valence-electron chi connectivity index (χ2n) is 5.97. The van der Waals surface area contributed by atoms with Crippen LogP contribution in [-0.2, 0) is 4.79 Å². The molecule has 2 unspecified atom stereocenters. The summed E-state index contributed by atoms with van der Waals surface area (Å²) in [5.74, 6) is -0.00707. The quantitative estimate of drug-likeness (QED) is 0.873. The summed E-state index contributed by atoms with van der Waals surface area (Å²) < 4.78 is 0. The van der Waals surface area contributed by atoms with E-state index < -0.39 is 0 Å². The van der Waals surface area contributed by atoms with Crippen molar-refractivity contribution in [1.82, 2.24) is 5.32 Å². The van der Waals surface area contributed by atoms with E-state index >= 15 is 0 Å². The van der Waals surface area contributed by atoms with Gasteiger partial charge in [-0.1, -0.05) is 6.92 Å². The van der Waals surface area contributed by atoms with Gasteiger partial charge in [-0.05, 0) is 49.9 Å². The molecule has 2 N–H and O–H groups in total. The molecule has 1 heterocycles. The Bertz CT molecular complexity index is 527. The molecular weight excluding hydrogens is 280 g/mol. The van der Waals surface area contributed by atoms with Crippen LogP contribution in [0.1, 0.15) is 43.5 Å². The number of hydrogen-bond donors (Lipinski definition) is 2. The van der Waals surface area contributed by atoms with Crippen LogP contribution in [0.25, 0.3) is 0 Å². The highest BCUT2D eigenvalue weighted by molar-refractivity contribution is 5.97. The topological polar surface area (TPSA) is 69.6 Å². The van der Waals surface area contributed by atoms with Gasteiger partial charge in [-0.25, -0.2) is 0 Å². The van der Waals surface area contributed by atoms with Gasteiger partial charge >= 0.3 is 0 Å². The third-order valence-electron chi connectivity index (χ3n) is 4.26. The fourth-order valence-electron chi connectivity index (χ4n) is 2.46. The van der Waals surface area contributed by atoms with Gasteiger partial charge in [0.25, 0.3) is 5.91 Å². The van der Waals surface area contributed by atoms with Crippen molar-refractivity contribution >= 4 is 17.5 Å². The Balaban J connectivity index is 2.02. The maximum absolute atomic E-state index is 12.2. The van der Waals surface area contributed by atoms with E-state index in [0.29, 0.717) is 12.0 Å². The lowest BCUT2D eigenvalue weighted by atomic mass is 10.0. The average Bonchev–Trinajstić information content (AvgIpc) is 2.54. The maximum atomic E-state index is 12.2. The fraction of sp³-hybridized carbons (Fsp3) is 0.529. The fourth-order valence-corrected chi connectivity index (χ4v) is 2.46. The van der Waals surface area contributed by atoms with Crippen molar-refractivity contribution in [2.24, 2.45) is 5.92 Å². The van der Waals surface area contributed by atoms with E-state index in [1.807, 2.05) is 26.0 Å². The summed E-state index contributed by atoms with van der Waals surface area (Å²) in [4.78, 5) is 25.8. The summed E-state index contributed by atoms with van der Waals surface area (Å²) in [6, 6.07) is 7.02. The van der Waals surface area contributed by atoms with Crippen molar-refractivity contribution in [2.45, 2.75) is 39.2 Å². The van der Waals surface area contributed by atoms with E-state index in [2.05, 4.69) is 5.32 Å². The maximum Gasteiger partial charge on any atom is 0.251 e. The van der Waals surface area contributed by atoms with Gasteiger partial charge in [-0.15, -0.1) is 0 Å². The molecule has 120 valence electrons. The van der Waals surface area contributed by atoms with Crippen LogP contribution in [0.2, 0.25) is 0 Å². The van der Waals surface area contributed by atoms with Crippen LogP contribution in [0.3, 0.4) is 0 Å². The Hall–Kier alpha value is -1.88. The van der Waals surface area contributed by atoms with Crippen LogP contribution in [0.4, 0.5) is 5.69 Å². The molecular formula is C17H24N2O3. The molecule has 0 bridgehead atoms. The Labute approximate surface area is 131 Å². The molecule has 0 radical (unpaired) electrons. The molecule has 5 nitrogen and oxygen atoms in total. The number of carbonyl (C=O) groups excluding carboxylic acids is 2. The van der Waals surface area contributed by atoms with Crippen LogP contribution >= 0.6 is 0 Å². The third-order valence-corrected chi connectivity index (χ3v) is 4.26. The van der Waals surface area contributed by atoms with Gasteiger partial charge in [-0.2, -0.15) is 0 Å². The Morgan fingerprint density at radius 2 is 1.95 bits per heavy atom. The van der Waals surface area contributed by atoms with Crippen molar-refractivity contribution in [3.05, 3.63) is 29.8 Å². The molecule has 1 aromatic carbocycles. The van der Waals surface area contributed by atoms with E-state index in [9.17, 15) is 9.59 Å². The predicted molar refractivity (Wildman–Crippen MR) is 85.8 cm³/mol. The molecule has 2 amide bonds. The molecule has 2 rings (SSSR count). The second-order valence-corrected chi connectivity index (χ2v) is 5.97. The molecule has 1 aliphatic rings. The third kappa shape index (κ3) is 3.85. The number of anilines is 1. The SMILES string of the molecule is CC(CO)C(C)NC(=O)c1ccc(N2CCCCC2=O)cc1. The number of aliphatic hydroxyl groups is 1. The lowest BCUT2D eigenvalue weighted by Gasteiger charge is -2.27. The van der Waals surface area contributed by atoms with Crippen molar-refractivity contribution in [1.29, 1.82) is 0 Å². The predicted octanol–water partition coefficient (Wildman–Crippen LogP) is 1.95. The molecule has 1 fully saturated rings. The number of amides is 2. The zero-order chi connectivity index (χ0) is 16.1. The number of benzene rings is 1. The van der Waals surface area contributed by atoms with E-state index in [0.717, 1.165) is 25.1 Å². The highest BCUT2D eigenvalue weighted by Gasteiger charge is 2.20. The van der Waals surface area contributed by atoms with Crippen molar-refractivity contribution in [2.75, 3.05) is 18.1 Å². The summed E-state index contributed by atoms with van der Waals surface area (Å²) in [6.45, 7) is 4.54. The molecule has 22 heavy (non-hydrogen) atoms. The van der Waals surface area contributed by atoms with Crippen molar-refractivity contribution in [3.63, 3.8) is 0 Å². The van der Waals surface area contributed by atoms with Gasteiger partial charge in [0.2, 0.25) is 5.91 Å². The molecule has 5 heteroatoms. The Morgan fingerprint density at radius 3 is 2.55 bits per heavy atom. The summed E-state index contributed by atoms with van der Waals surface area (Å²) in [5, 5.41) is 12.0. The van der Waals surface area contributed by atoms with E-state index in [1.165, 1.54) is 0 Å². The molecule has 0 aliphatic carbocycles. The molecule has 0 spiro atoms. The summed E-state index contributed by atoms with van der Waals surface area (Å²) >= 11 is 0. The van der Waals surface area contributed by atoms with Crippen LogP contribution in [0, 0.1) is 5.92 Å². The molecule has 1 aliphatic heterocycles. The van der Waals surface area contributed by atoms with E-state index in [-0.39, 0.29) is 30.4 Å². The number of rotatable bonds is 5. The van der Waals surface area contributed by atoms with Gasteiger partial charge in [0, 0.05) is 36.9 Å². The van der Waals surface area contributed by atoms with Crippen LogP contribution in [0.15, 0.2) is 24.3 Å². The molecule has 1 saturated heterocycles. The molecule has 0 aromatic heterocycles. The van der Waals surface area contributed by atoms with Gasteiger partial charge < -0.3 is 15.3 Å². The zero-order valence-electron chi connectivity index (χ0n) is 13.2. The second kappa shape index (κ2) is 7.40. The normalized spacial score (nSPS) is 18.0. The minimum Gasteiger partial charge on any atom is -0.396 e. The molecule has 1 aromatic rings. The first-order valence-corrected chi connectivity index (χ1v) is 7.85. The van der Waals surface area contributed by atoms with Crippen molar-refractivity contribution in [3.8, 4) is 0 Å². The first kappa shape index (κ1) is 16.5. The zero-order valence-corrected chi connectivity index (χ0v) is 13.2. The summed E-state index contributed by atoms with van der Waals surface area (Å²) in [6.07, 6.45) is 2.57. The summed E-state index contributed by atoms with van der Waals surface area (Å²) in [7, 11) is 0. The molecule has 0 saturated carbocycles. The minimum absolute atomic E-state index is 0.00851. The number of nitrogens with one attached hydrogen (secondary N) is 1. The summed E-state index contributed by atoms with van der Waals surface area (Å²) in [5.41, 5.74) is 1.41. The number of carbonyl (C=O) groups is 2. The lowest BCUT2D eigenvalue weighted by molar-refractivity contribution is -0.119. The minimum atomic E-state index is -0.163. The Morgan fingerprint density at radius 1 is 1.27 bits per heavy atom. The van der Waals surface area contributed by atoms with E-state index in [4.69, 9.17) is 5.11 Å². The highest BCUT2D eigenvalue weighted by atomic mass is 16.3. The number of piperidine rings is 1. The van der Waals surface area contributed by atoms with Crippen LogP contribution < -0.4 is 10.2 Å². The number of hydrogen-bond acceptors (Lipinski definition) is 3. The van der Waals surface area contributed by atoms with Crippen LogP contribution in [-0.4, -0.2) is 36.1 Å². The average molecular weight is 304 g/mol. The first-order valence-electron chi connectivity index (χ1n) is 7.85. The smallest absolute Gasteiger partial charge is 0.251 e. The van der Waals surface area contributed by atoms with Gasteiger partial charge in [0.05, 0.1) is 0 Å². The van der Waals surface area contributed by atoms with Gasteiger partial charge in [-0.3, -0.25) is 9.59 Å². The van der Waals surface area contributed by atoms with Crippen LogP contribution in [0.5, 0.6) is 0 Å².